The highest BCUT2D eigenvalue weighted by atomic mass is 16.5. The average Bonchev–Trinajstić information content (AvgIpc) is 3.28. The fraction of sp³-hybridized carbons (Fsp3) is 0.259. The molecular weight excluding hydrogens is 416 g/mol. The first-order valence-electron chi connectivity index (χ1n) is 10.9. The fourth-order valence-electron chi connectivity index (χ4n) is 3.26. The molecule has 0 aliphatic heterocycles. The Hall–Kier alpha value is -3.64. The van der Waals surface area contributed by atoms with Crippen LogP contribution in [-0.2, 0) is 22.6 Å². The van der Waals surface area contributed by atoms with Crippen LogP contribution in [0.4, 0.5) is 0 Å². The lowest BCUT2D eigenvalue weighted by Gasteiger charge is -2.10. The lowest BCUT2D eigenvalue weighted by atomic mass is 10.1. The summed E-state index contributed by atoms with van der Waals surface area (Å²) in [5, 5.41) is 0. The molecule has 172 valence electrons. The maximum atomic E-state index is 11.7. The molecule has 3 rings (SSSR count). The number of ether oxygens (including phenoxy) is 2. The van der Waals surface area contributed by atoms with Gasteiger partial charge in [-0.05, 0) is 68.2 Å². The van der Waals surface area contributed by atoms with Gasteiger partial charge in [0.2, 0.25) is 5.89 Å². The van der Waals surface area contributed by atoms with Crippen LogP contribution in [0.1, 0.15) is 49.5 Å². The molecule has 0 fully saturated rings. The molecule has 33 heavy (non-hydrogen) atoms. The predicted molar refractivity (Wildman–Crippen MR) is 128 cm³/mol. The van der Waals surface area contributed by atoms with Gasteiger partial charge in [-0.15, -0.1) is 0 Å². The van der Waals surface area contributed by atoms with E-state index in [4.69, 9.17) is 19.6 Å². The Labute approximate surface area is 194 Å². The van der Waals surface area contributed by atoms with E-state index in [1.54, 1.807) is 26.2 Å². The summed E-state index contributed by atoms with van der Waals surface area (Å²) >= 11 is 0. The summed E-state index contributed by atoms with van der Waals surface area (Å²) in [5.41, 5.74) is 10.5. The van der Waals surface area contributed by atoms with E-state index in [-0.39, 0.29) is 12.0 Å². The molecule has 3 aromatic rings. The molecule has 6 nitrogen and oxygen atoms in total. The number of benzene rings is 2. The average molecular weight is 447 g/mol. The first-order chi connectivity index (χ1) is 15.9. The highest BCUT2D eigenvalue weighted by molar-refractivity contribution is 5.88. The van der Waals surface area contributed by atoms with Crippen LogP contribution in [0.2, 0.25) is 0 Å². The molecule has 0 saturated carbocycles. The number of esters is 1. The highest BCUT2D eigenvalue weighted by Crippen LogP contribution is 2.20. The molecule has 0 unspecified atom stereocenters. The second-order valence-corrected chi connectivity index (χ2v) is 7.78. The van der Waals surface area contributed by atoms with Gasteiger partial charge in [-0.2, -0.15) is 0 Å². The third-order valence-electron chi connectivity index (χ3n) is 4.90. The normalized spacial score (nSPS) is 13.0. The number of carbonyl (C=O) groups excluding carboxylic acids is 1. The van der Waals surface area contributed by atoms with Crippen molar-refractivity contribution in [2.45, 2.75) is 39.8 Å². The lowest BCUT2D eigenvalue weighted by Crippen LogP contribution is -2.13. The van der Waals surface area contributed by atoms with E-state index >= 15 is 0 Å². The number of carbonyl (C=O) groups is 1. The summed E-state index contributed by atoms with van der Waals surface area (Å²) in [7, 11) is 0. The number of aromatic nitrogens is 1. The molecule has 0 amide bonds. The summed E-state index contributed by atoms with van der Waals surface area (Å²) in [6.07, 6.45) is 5.74. The maximum Gasteiger partial charge on any atom is 0.333 e. The van der Waals surface area contributed by atoms with Crippen LogP contribution < -0.4 is 10.5 Å². The van der Waals surface area contributed by atoms with Gasteiger partial charge in [0.05, 0.1) is 12.6 Å². The maximum absolute atomic E-state index is 11.7. The Morgan fingerprint density at radius 2 is 1.82 bits per heavy atom. The molecule has 2 aromatic carbocycles. The van der Waals surface area contributed by atoms with E-state index in [0.29, 0.717) is 36.8 Å². The van der Waals surface area contributed by atoms with E-state index in [1.165, 1.54) is 0 Å². The van der Waals surface area contributed by atoms with Gasteiger partial charge in [-0.1, -0.05) is 42.5 Å². The van der Waals surface area contributed by atoms with Crippen molar-refractivity contribution in [2.24, 2.45) is 5.73 Å². The number of nitrogens with two attached hydrogens (primary N) is 1. The Morgan fingerprint density at radius 3 is 2.52 bits per heavy atom. The monoisotopic (exact) mass is 446 g/mol. The van der Waals surface area contributed by atoms with Crippen molar-refractivity contribution in [1.82, 2.24) is 4.98 Å². The van der Waals surface area contributed by atoms with E-state index in [2.05, 4.69) is 4.98 Å². The summed E-state index contributed by atoms with van der Waals surface area (Å²) < 4.78 is 16.4. The second-order valence-electron chi connectivity index (χ2n) is 7.78. The lowest BCUT2D eigenvalue weighted by molar-refractivity contribution is -0.138. The number of allylic oxidation sites excluding steroid dienone is 2. The number of oxazole rings is 1. The highest BCUT2D eigenvalue weighted by Gasteiger charge is 2.14. The minimum atomic E-state index is -0.375. The third kappa shape index (κ3) is 7.47. The van der Waals surface area contributed by atoms with Crippen LogP contribution >= 0.6 is 0 Å². The van der Waals surface area contributed by atoms with Gasteiger partial charge in [-0.3, -0.25) is 0 Å². The van der Waals surface area contributed by atoms with Crippen molar-refractivity contribution in [3.63, 3.8) is 0 Å². The molecule has 0 radical (unpaired) electrons. The van der Waals surface area contributed by atoms with Crippen molar-refractivity contribution in [2.75, 3.05) is 6.61 Å². The smallest absolute Gasteiger partial charge is 0.333 e. The van der Waals surface area contributed by atoms with E-state index in [9.17, 15) is 4.79 Å². The Bertz CT molecular complexity index is 1100. The first-order valence-corrected chi connectivity index (χ1v) is 10.9. The summed E-state index contributed by atoms with van der Waals surface area (Å²) in [5.74, 6) is 0.940. The third-order valence-corrected chi connectivity index (χ3v) is 4.90. The molecule has 2 N–H and O–H groups in total. The molecule has 0 bridgehead atoms. The Kier molecular flexibility index (Phi) is 8.61. The minimum absolute atomic E-state index is 0.329. The van der Waals surface area contributed by atoms with Crippen molar-refractivity contribution in [3.8, 4) is 5.75 Å². The SMILES string of the molecule is CCOC(=O)/C(C)=C/C(C)=C/c1coc([C@@H](N)Cc2ccc(OCc3ccccc3)cc2)n1. The number of nitrogens with zero attached hydrogens (tertiary/aromatic N) is 1. The van der Waals surface area contributed by atoms with Gasteiger partial charge in [-0.25, -0.2) is 9.78 Å². The van der Waals surface area contributed by atoms with Gasteiger partial charge >= 0.3 is 5.97 Å². The van der Waals surface area contributed by atoms with Crippen LogP contribution in [0.15, 0.2) is 82.5 Å². The Morgan fingerprint density at radius 1 is 1.09 bits per heavy atom. The molecule has 0 aliphatic rings. The molecule has 1 heterocycles. The van der Waals surface area contributed by atoms with E-state index in [0.717, 1.165) is 22.4 Å². The van der Waals surface area contributed by atoms with Crippen molar-refractivity contribution >= 4 is 12.0 Å². The zero-order chi connectivity index (χ0) is 23.6. The van der Waals surface area contributed by atoms with Gasteiger partial charge in [0, 0.05) is 5.57 Å². The number of hydrogen-bond acceptors (Lipinski definition) is 6. The standard InChI is InChI=1S/C27H30N2O4/c1-4-31-27(30)20(3)14-19(2)15-23-18-33-26(29-23)25(28)16-21-10-12-24(13-11-21)32-17-22-8-6-5-7-9-22/h5-15,18,25H,4,16-17,28H2,1-3H3/b19-15+,20-14+/t25-/m0/s1. The van der Waals surface area contributed by atoms with Gasteiger partial charge in [0.1, 0.15) is 24.3 Å². The molecule has 0 saturated heterocycles. The molecule has 0 aliphatic carbocycles. The zero-order valence-corrected chi connectivity index (χ0v) is 19.3. The zero-order valence-electron chi connectivity index (χ0n) is 19.3. The predicted octanol–water partition coefficient (Wildman–Crippen LogP) is 5.41. The number of rotatable bonds is 10. The molecule has 0 spiro atoms. The molecule has 1 aromatic heterocycles. The number of hydrogen-bond donors (Lipinski definition) is 1. The van der Waals surface area contributed by atoms with Crippen LogP contribution in [0.25, 0.3) is 6.08 Å². The molecular formula is C27H30N2O4. The van der Waals surface area contributed by atoms with Crippen LogP contribution in [0.3, 0.4) is 0 Å². The van der Waals surface area contributed by atoms with Gasteiger partial charge in [0.25, 0.3) is 0 Å². The Balaban J connectivity index is 1.56. The topological polar surface area (TPSA) is 87.6 Å². The summed E-state index contributed by atoms with van der Waals surface area (Å²) in [6.45, 7) is 6.26. The summed E-state index contributed by atoms with van der Waals surface area (Å²) in [6, 6.07) is 17.5. The van der Waals surface area contributed by atoms with Gasteiger partial charge < -0.3 is 19.6 Å². The van der Waals surface area contributed by atoms with Crippen LogP contribution in [0, 0.1) is 0 Å². The first kappa shape index (κ1) is 24.0. The van der Waals surface area contributed by atoms with Crippen molar-refractivity contribution < 1.29 is 18.7 Å². The van der Waals surface area contributed by atoms with Crippen molar-refractivity contribution in [1.29, 1.82) is 0 Å². The van der Waals surface area contributed by atoms with Crippen molar-refractivity contribution in [3.05, 3.63) is 101 Å². The fourth-order valence-corrected chi connectivity index (χ4v) is 3.26. The van der Waals surface area contributed by atoms with E-state index < -0.39 is 0 Å². The summed E-state index contributed by atoms with van der Waals surface area (Å²) in [4.78, 5) is 16.2. The molecule has 1 atom stereocenters. The molecule has 6 heteroatoms. The largest absolute Gasteiger partial charge is 0.489 e. The van der Waals surface area contributed by atoms with E-state index in [1.807, 2.05) is 67.6 Å². The second kappa shape index (κ2) is 11.8. The van der Waals surface area contributed by atoms with Gasteiger partial charge in [0.15, 0.2) is 0 Å². The minimum Gasteiger partial charge on any atom is -0.489 e. The van der Waals surface area contributed by atoms with Crippen LogP contribution in [-0.4, -0.2) is 17.6 Å². The van der Waals surface area contributed by atoms with Crippen LogP contribution in [0.5, 0.6) is 5.75 Å². The quantitative estimate of drug-likeness (QED) is 0.255.